The van der Waals surface area contributed by atoms with E-state index < -0.39 is 0 Å². The molecule has 0 saturated carbocycles. The highest BCUT2D eigenvalue weighted by molar-refractivity contribution is 6.18. The Labute approximate surface area is 95.5 Å². The first-order chi connectivity index (χ1) is 7.29. The Morgan fingerprint density at radius 3 is 3.00 bits per heavy atom. The maximum absolute atomic E-state index is 5.90. The minimum absolute atomic E-state index is 0.600. The normalized spacial score (nSPS) is 21.7. The van der Waals surface area contributed by atoms with Gasteiger partial charge in [0.05, 0.1) is 5.69 Å². The summed E-state index contributed by atoms with van der Waals surface area (Å²) in [5.74, 6) is 2.33. The lowest BCUT2D eigenvalue weighted by molar-refractivity contribution is 0.448. The molecule has 1 atom stereocenters. The van der Waals surface area contributed by atoms with E-state index in [0.29, 0.717) is 5.92 Å². The predicted octanol–water partition coefficient (Wildman–Crippen LogP) is 2.24. The molecule has 0 bridgehead atoms. The number of aryl methyl sites for hydroxylation is 1. The van der Waals surface area contributed by atoms with Crippen LogP contribution in [0.1, 0.15) is 18.5 Å². The molecular formula is C11H16ClN3. The van der Waals surface area contributed by atoms with E-state index in [-0.39, 0.29) is 0 Å². The monoisotopic (exact) mass is 225 g/mol. The fourth-order valence-electron chi connectivity index (χ4n) is 1.96. The van der Waals surface area contributed by atoms with Crippen LogP contribution in [0.3, 0.4) is 0 Å². The van der Waals surface area contributed by atoms with E-state index in [9.17, 15) is 0 Å². The summed E-state index contributed by atoms with van der Waals surface area (Å²) in [5, 5.41) is 8.28. The number of aromatic nitrogens is 2. The minimum atomic E-state index is 0.600. The van der Waals surface area contributed by atoms with Gasteiger partial charge in [0, 0.05) is 19.0 Å². The summed E-state index contributed by atoms with van der Waals surface area (Å²) in [6.07, 6.45) is 2.44. The second-order valence-corrected chi connectivity index (χ2v) is 4.45. The van der Waals surface area contributed by atoms with Crippen molar-refractivity contribution in [3.8, 4) is 0 Å². The van der Waals surface area contributed by atoms with Crippen LogP contribution in [0, 0.1) is 12.8 Å². The van der Waals surface area contributed by atoms with Gasteiger partial charge >= 0.3 is 0 Å². The molecule has 0 aromatic carbocycles. The van der Waals surface area contributed by atoms with Crippen LogP contribution in [0.4, 0.5) is 5.82 Å². The van der Waals surface area contributed by atoms with E-state index in [1.807, 2.05) is 19.1 Å². The smallest absolute Gasteiger partial charge is 0.151 e. The van der Waals surface area contributed by atoms with Crippen molar-refractivity contribution in [2.45, 2.75) is 19.8 Å². The molecule has 1 aromatic rings. The number of rotatable bonds is 2. The van der Waals surface area contributed by atoms with Crippen LogP contribution >= 0.6 is 11.6 Å². The predicted molar refractivity (Wildman–Crippen MR) is 62.4 cm³/mol. The maximum atomic E-state index is 5.90. The van der Waals surface area contributed by atoms with Crippen LogP contribution in [-0.4, -0.2) is 29.2 Å². The second kappa shape index (κ2) is 4.79. The molecule has 2 rings (SSSR count). The molecule has 0 aliphatic carbocycles. The summed E-state index contributed by atoms with van der Waals surface area (Å²) < 4.78 is 0. The molecule has 1 aromatic heterocycles. The van der Waals surface area contributed by atoms with Gasteiger partial charge in [-0.15, -0.1) is 16.7 Å². The van der Waals surface area contributed by atoms with Crippen LogP contribution in [0.25, 0.3) is 0 Å². The standard InChI is InChI=1S/C11H16ClN3/c1-9-4-5-11(14-13-9)15-6-2-3-10(7-12)8-15/h4-5,10H,2-3,6-8H2,1H3. The molecule has 15 heavy (non-hydrogen) atoms. The van der Waals surface area contributed by atoms with Gasteiger partial charge in [0.15, 0.2) is 5.82 Å². The van der Waals surface area contributed by atoms with Gasteiger partial charge < -0.3 is 4.90 Å². The van der Waals surface area contributed by atoms with Gasteiger partial charge in [-0.05, 0) is 37.8 Å². The van der Waals surface area contributed by atoms with Crippen LogP contribution in [-0.2, 0) is 0 Å². The van der Waals surface area contributed by atoms with Gasteiger partial charge in [0.1, 0.15) is 0 Å². The Morgan fingerprint density at radius 1 is 1.47 bits per heavy atom. The molecule has 82 valence electrons. The van der Waals surface area contributed by atoms with Gasteiger partial charge in [-0.2, -0.15) is 5.10 Å². The lowest BCUT2D eigenvalue weighted by Crippen LogP contribution is -2.36. The number of piperidine rings is 1. The number of anilines is 1. The van der Waals surface area contributed by atoms with E-state index in [1.165, 1.54) is 12.8 Å². The molecule has 1 fully saturated rings. The topological polar surface area (TPSA) is 29.0 Å². The van der Waals surface area contributed by atoms with Crippen LogP contribution < -0.4 is 4.90 Å². The maximum Gasteiger partial charge on any atom is 0.151 e. The fraction of sp³-hybridized carbons (Fsp3) is 0.636. The molecule has 1 aliphatic rings. The third-order valence-corrected chi connectivity index (χ3v) is 3.28. The minimum Gasteiger partial charge on any atom is -0.355 e. The van der Waals surface area contributed by atoms with Crippen LogP contribution in [0.5, 0.6) is 0 Å². The van der Waals surface area contributed by atoms with Crippen LogP contribution in [0.15, 0.2) is 12.1 Å². The summed E-state index contributed by atoms with van der Waals surface area (Å²) in [5.41, 5.74) is 0.963. The Balaban J connectivity index is 2.06. The zero-order chi connectivity index (χ0) is 10.7. The van der Waals surface area contributed by atoms with Crippen molar-refractivity contribution in [3.63, 3.8) is 0 Å². The van der Waals surface area contributed by atoms with E-state index >= 15 is 0 Å². The van der Waals surface area contributed by atoms with Gasteiger partial charge in [0.2, 0.25) is 0 Å². The van der Waals surface area contributed by atoms with Crippen molar-refractivity contribution in [1.29, 1.82) is 0 Å². The number of hydrogen-bond acceptors (Lipinski definition) is 3. The fourth-order valence-corrected chi connectivity index (χ4v) is 2.21. The van der Waals surface area contributed by atoms with Crippen LogP contribution in [0.2, 0.25) is 0 Å². The van der Waals surface area contributed by atoms with Crippen molar-refractivity contribution in [2.24, 2.45) is 5.92 Å². The van der Waals surface area contributed by atoms with Gasteiger partial charge in [-0.1, -0.05) is 0 Å². The lowest BCUT2D eigenvalue weighted by Gasteiger charge is -2.32. The van der Waals surface area contributed by atoms with Crippen molar-refractivity contribution >= 4 is 17.4 Å². The molecule has 0 radical (unpaired) electrons. The largest absolute Gasteiger partial charge is 0.355 e. The zero-order valence-corrected chi connectivity index (χ0v) is 9.74. The summed E-state index contributed by atoms with van der Waals surface area (Å²) in [7, 11) is 0. The second-order valence-electron chi connectivity index (χ2n) is 4.14. The molecule has 1 aliphatic heterocycles. The van der Waals surface area contributed by atoms with E-state index in [4.69, 9.17) is 11.6 Å². The summed E-state index contributed by atoms with van der Waals surface area (Å²) in [4.78, 5) is 2.28. The SMILES string of the molecule is Cc1ccc(N2CCCC(CCl)C2)nn1. The first-order valence-electron chi connectivity index (χ1n) is 5.41. The summed E-state index contributed by atoms with van der Waals surface area (Å²) in [6.45, 7) is 4.04. The van der Waals surface area contributed by atoms with Crippen molar-refractivity contribution in [3.05, 3.63) is 17.8 Å². The van der Waals surface area contributed by atoms with E-state index in [2.05, 4.69) is 15.1 Å². The average Bonchev–Trinajstić information content (AvgIpc) is 2.30. The Kier molecular flexibility index (Phi) is 3.41. The Bertz CT molecular complexity index is 312. The molecule has 2 heterocycles. The molecule has 0 N–H and O–H groups in total. The Morgan fingerprint density at radius 2 is 2.33 bits per heavy atom. The molecule has 4 heteroatoms. The molecule has 1 unspecified atom stereocenters. The quantitative estimate of drug-likeness (QED) is 0.723. The van der Waals surface area contributed by atoms with E-state index in [0.717, 1.165) is 30.5 Å². The molecule has 0 amide bonds. The molecule has 0 spiro atoms. The number of hydrogen-bond donors (Lipinski definition) is 0. The van der Waals surface area contributed by atoms with Crippen molar-refractivity contribution in [1.82, 2.24) is 10.2 Å². The van der Waals surface area contributed by atoms with Gasteiger partial charge in [-0.25, -0.2) is 0 Å². The lowest BCUT2D eigenvalue weighted by atomic mass is 10.0. The molecular weight excluding hydrogens is 210 g/mol. The number of alkyl halides is 1. The number of nitrogens with zero attached hydrogens (tertiary/aromatic N) is 3. The average molecular weight is 226 g/mol. The highest BCUT2D eigenvalue weighted by Gasteiger charge is 2.20. The zero-order valence-electron chi connectivity index (χ0n) is 8.99. The first kappa shape index (κ1) is 10.7. The third-order valence-electron chi connectivity index (χ3n) is 2.85. The first-order valence-corrected chi connectivity index (χ1v) is 5.94. The van der Waals surface area contributed by atoms with E-state index in [1.54, 1.807) is 0 Å². The molecule has 1 saturated heterocycles. The van der Waals surface area contributed by atoms with Gasteiger partial charge in [-0.3, -0.25) is 0 Å². The van der Waals surface area contributed by atoms with Crippen molar-refractivity contribution < 1.29 is 0 Å². The summed E-state index contributed by atoms with van der Waals surface area (Å²) >= 11 is 5.90. The summed E-state index contributed by atoms with van der Waals surface area (Å²) in [6, 6.07) is 4.05. The highest BCUT2D eigenvalue weighted by atomic mass is 35.5. The van der Waals surface area contributed by atoms with Crippen molar-refractivity contribution in [2.75, 3.05) is 23.9 Å². The molecule has 3 nitrogen and oxygen atoms in total. The Hall–Kier alpha value is -0.830. The highest BCUT2D eigenvalue weighted by Crippen LogP contribution is 2.21. The van der Waals surface area contributed by atoms with Gasteiger partial charge in [0.25, 0.3) is 0 Å². The number of halogens is 1. The third kappa shape index (κ3) is 2.59.